The van der Waals surface area contributed by atoms with E-state index in [9.17, 15) is 28.5 Å². The summed E-state index contributed by atoms with van der Waals surface area (Å²) in [5.41, 5.74) is -1.54. The highest BCUT2D eigenvalue weighted by atomic mass is 19.4. The molecule has 156 valence electrons. The lowest BCUT2D eigenvalue weighted by Crippen LogP contribution is -2.79. The van der Waals surface area contributed by atoms with Gasteiger partial charge in [0.1, 0.15) is 11.7 Å². The fourth-order valence-electron chi connectivity index (χ4n) is 7.39. The molecule has 0 radical (unpaired) electrons. The number of likely N-dealkylation sites (N-methyl/N-ethyl adjacent to an activating group) is 1. The molecule has 3 N–H and O–H groups in total. The Morgan fingerprint density at radius 2 is 2.03 bits per heavy atom. The number of fused-ring (bicyclic) bond motifs is 1. The smallest absolute Gasteiger partial charge is 0.414 e. The second-order valence-electron chi connectivity index (χ2n) is 9.43. The number of phenolic OH excluding ortho intramolecular Hbond substituents is 1. The van der Waals surface area contributed by atoms with Crippen LogP contribution in [0.5, 0.6) is 11.5 Å². The van der Waals surface area contributed by atoms with Crippen molar-refractivity contribution in [3.8, 4) is 11.5 Å². The molecule has 2 fully saturated rings. The van der Waals surface area contributed by atoms with Crippen molar-refractivity contribution in [2.45, 2.75) is 54.7 Å². The van der Waals surface area contributed by atoms with Crippen LogP contribution in [-0.2, 0) is 11.8 Å². The van der Waals surface area contributed by atoms with Crippen molar-refractivity contribution in [3.05, 3.63) is 35.4 Å². The SMILES string of the molecule is CN1CC[C@]23c4c5ccc(O)c4OC2[C@@]2(O)C=C[C@@]3(C[C@@H]2C(O)C(F)(F)F)C1C5. The van der Waals surface area contributed by atoms with Crippen LogP contribution in [0, 0.1) is 11.3 Å². The number of ether oxygens (including phenoxy) is 1. The molecular weight excluding hydrogens is 387 g/mol. The third kappa shape index (κ3) is 1.73. The van der Waals surface area contributed by atoms with E-state index >= 15 is 0 Å². The van der Waals surface area contributed by atoms with E-state index in [-0.39, 0.29) is 24.0 Å². The minimum Gasteiger partial charge on any atom is -0.504 e. The number of hydrogen-bond acceptors (Lipinski definition) is 5. The number of aliphatic hydroxyl groups excluding tert-OH is 1. The summed E-state index contributed by atoms with van der Waals surface area (Å²) in [5.74, 6) is -1.21. The quantitative estimate of drug-likeness (QED) is 0.618. The fraction of sp³-hybridized carbons (Fsp3) is 0.619. The third-order valence-corrected chi connectivity index (χ3v) is 8.52. The summed E-state index contributed by atoms with van der Waals surface area (Å²) >= 11 is 0. The van der Waals surface area contributed by atoms with Crippen LogP contribution in [0.3, 0.4) is 0 Å². The number of aromatic hydroxyl groups is 1. The molecule has 4 bridgehead atoms. The van der Waals surface area contributed by atoms with E-state index in [1.54, 1.807) is 6.07 Å². The molecule has 1 saturated heterocycles. The van der Waals surface area contributed by atoms with Crippen molar-refractivity contribution in [2.24, 2.45) is 11.3 Å². The van der Waals surface area contributed by atoms with Crippen molar-refractivity contribution < 1.29 is 33.2 Å². The average Bonchev–Trinajstić information content (AvgIpc) is 3.03. The molecule has 0 amide bonds. The highest BCUT2D eigenvalue weighted by Crippen LogP contribution is 2.74. The van der Waals surface area contributed by atoms with Crippen LogP contribution in [-0.4, -0.2) is 63.8 Å². The molecule has 7 atom stereocenters. The van der Waals surface area contributed by atoms with E-state index in [1.165, 1.54) is 6.08 Å². The Labute approximate surface area is 165 Å². The van der Waals surface area contributed by atoms with E-state index in [2.05, 4.69) is 4.90 Å². The van der Waals surface area contributed by atoms with Crippen LogP contribution in [0.4, 0.5) is 13.2 Å². The molecule has 2 spiro atoms. The average molecular weight is 409 g/mol. The number of rotatable bonds is 1. The van der Waals surface area contributed by atoms with Crippen LogP contribution in [0.15, 0.2) is 24.3 Å². The number of likely N-dealkylation sites (tertiary alicyclic amines) is 1. The van der Waals surface area contributed by atoms with Gasteiger partial charge < -0.3 is 25.0 Å². The predicted molar refractivity (Wildman–Crippen MR) is 95.6 cm³/mol. The van der Waals surface area contributed by atoms with E-state index in [1.807, 2.05) is 19.2 Å². The topological polar surface area (TPSA) is 73.2 Å². The lowest BCUT2D eigenvalue weighted by atomic mass is 9.37. The second kappa shape index (κ2) is 4.92. The molecule has 6 aliphatic rings. The van der Waals surface area contributed by atoms with Gasteiger partial charge in [0.2, 0.25) is 0 Å². The van der Waals surface area contributed by atoms with E-state index in [4.69, 9.17) is 4.74 Å². The van der Waals surface area contributed by atoms with Crippen molar-refractivity contribution in [1.82, 2.24) is 4.90 Å². The van der Waals surface area contributed by atoms with Gasteiger partial charge in [0.25, 0.3) is 0 Å². The molecule has 3 unspecified atom stereocenters. The molecule has 1 aromatic rings. The summed E-state index contributed by atoms with van der Waals surface area (Å²) in [5, 5.41) is 32.3. The van der Waals surface area contributed by atoms with Crippen LogP contribution < -0.4 is 4.74 Å². The number of phenols is 1. The number of benzene rings is 1. The molecule has 7 rings (SSSR count). The molecule has 2 aliphatic heterocycles. The van der Waals surface area contributed by atoms with Gasteiger partial charge >= 0.3 is 6.18 Å². The van der Waals surface area contributed by atoms with E-state index in [0.29, 0.717) is 12.8 Å². The van der Waals surface area contributed by atoms with Crippen LogP contribution in [0.25, 0.3) is 0 Å². The highest BCUT2D eigenvalue weighted by Gasteiger charge is 2.79. The van der Waals surface area contributed by atoms with Gasteiger partial charge in [0.05, 0.1) is 5.41 Å². The largest absolute Gasteiger partial charge is 0.504 e. The first kappa shape index (κ1) is 18.0. The zero-order chi connectivity index (χ0) is 20.6. The van der Waals surface area contributed by atoms with Crippen LogP contribution in [0.2, 0.25) is 0 Å². The molecule has 1 saturated carbocycles. The maximum Gasteiger partial charge on any atom is 0.414 e. The zero-order valence-electron chi connectivity index (χ0n) is 15.8. The molecule has 2 heterocycles. The van der Waals surface area contributed by atoms with Gasteiger partial charge in [0, 0.05) is 22.9 Å². The highest BCUT2D eigenvalue weighted by molar-refractivity contribution is 5.65. The molecule has 1 aromatic carbocycles. The number of alkyl halides is 3. The number of hydrogen-bond donors (Lipinski definition) is 3. The molecule has 0 aromatic heterocycles. The van der Waals surface area contributed by atoms with E-state index in [0.717, 1.165) is 17.7 Å². The van der Waals surface area contributed by atoms with Gasteiger partial charge in [-0.1, -0.05) is 18.2 Å². The zero-order valence-corrected chi connectivity index (χ0v) is 15.8. The van der Waals surface area contributed by atoms with Gasteiger partial charge in [0.15, 0.2) is 17.6 Å². The molecule has 5 nitrogen and oxygen atoms in total. The summed E-state index contributed by atoms with van der Waals surface area (Å²) in [6, 6.07) is 3.34. The molecular formula is C21H22F3NO4. The Bertz CT molecular complexity index is 964. The Balaban J connectivity index is 1.65. The molecule has 29 heavy (non-hydrogen) atoms. The summed E-state index contributed by atoms with van der Waals surface area (Å²) in [6.07, 6.45) is -3.92. The summed E-state index contributed by atoms with van der Waals surface area (Å²) in [6.45, 7) is 0.719. The van der Waals surface area contributed by atoms with Crippen LogP contribution in [0.1, 0.15) is 24.0 Å². The number of piperidine rings is 1. The first-order valence-electron chi connectivity index (χ1n) is 9.96. The van der Waals surface area contributed by atoms with Gasteiger partial charge in [-0.2, -0.15) is 13.2 Å². The Morgan fingerprint density at radius 1 is 1.28 bits per heavy atom. The molecule has 8 heteroatoms. The normalized spacial score (nSPS) is 45.1. The van der Waals surface area contributed by atoms with Gasteiger partial charge in [-0.25, -0.2) is 0 Å². The summed E-state index contributed by atoms with van der Waals surface area (Å²) < 4.78 is 46.7. The minimum atomic E-state index is -4.84. The Kier molecular flexibility index (Phi) is 3.06. The number of nitrogens with zero attached hydrogens (tertiary/aromatic N) is 1. The van der Waals surface area contributed by atoms with Crippen molar-refractivity contribution >= 4 is 0 Å². The number of aliphatic hydroxyl groups is 2. The van der Waals surface area contributed by atoms with Gasteiger partial charge in [-0.15, -0.1) is 0 Å². The monoisotopic (exact) mass is 409 g/mol. The van der Waals surface area contributed by atoms with Gasteiger partial charge in [-0.05, 0) is 44.5 Å². The fourth-order valence-corrected chi connectivity index (χ4v) is 7.39. The second-order valence-corrected chi connectivity index (χ2v) is 9.43. The maximum absolute atomic E-state index is 13.5. The predicted octanol–water partition coefficient (Wildman–Crippen LogP) is 1.88. The van der Waals surface area contributed by atoms with Gasteiger partial charge in [-0.3, -0.25) is 0 Å². The van der Waals surface area contributed by atoms with Crippen molar-refractivity contribution in [3.63, 3.8) is 0 Å². The van der Waals surface area contributed by atoms with Crippen molar-refractivity contribution in [2.75, 3.05) is 13.6 Å². The minimum absolute atomic E-state index is 0.0179. The van der Waals surface area contributed by atoms with Crippen LogP contribution >= 0.6 is 0 Å². The first-order chi connectivity index (χ1) is 13.6. The van der Waals surface area contributed by atoms with Crippen molar-refractivity contribution in [1.29, 1.82) is 0 Å². The standard InChI is InChI=1S/C21H22F3NO4/c1-25-7-6-19-14-10-2-3-12(26)15(14)29-17(19)20(28)5-4-18(19,13(25)8-10)9-11(20)16(27)21(22,23)24/h2-5,11,13,16-17,26-28H,6-9H2,1H3/t11-,13?,16?,17?,18-,19+,20-/m1/s1. The third-order valence-electron chi connectivity index (χ3n) is 8.52. The maximum atomic E-state index is 13.5. The summed E-state index contributed by atoms with van der Waals surface area (Å²) in [7, 11) is 1.97. The number of halogens is 3. The first-order valence-corrected chi connectivity index (χ1v) is 9.96. The summed E-state index contributed by atoms with van der Waals surface area (Å²) in [4.78, 5) is 2.17. The Morgan fingerprint density at radius 3 is 2.76 bits per heavy atom. The Hall–Kier alpha value is -1.77. The lowest BCUT2D eigenvalue weighted by Gasteiger charge is -2.70. The molecule has 4 aliphatic carbocycles. The lowest BCUT2D eigenvalue weighted by molar-refractivity contribution is -0.277. The van der Waals surface area contributed by atoms with E-state index < -0.39 is 40.7 Å².